The van der Waals surface area contributed by atoms with E-state index in [-0.39, 0.29) is 17.2 Å². The Morgan fingerprint density at radius 1 is 1.29 bits per heavy atom. The molecule has 0 bridgehead atoms. The number of amidine groups is 1. The molecule has 0 radical (unpaired) electrons. The van der Waals surface area contributed by atoms with Crippen LogP contribution in [0, 0.1) is 17.2 Å². The van der Waals surface area contributed by atoms with Crippen molar-refractivity contribution < 1.29 is 4.79 Å². The normalized spacial score (nSPS) is 27.6. The third-order valence-electron chi connectivity index (χ3n) is 5.49. The molecule has 2 aliphatic rings. The lowest BCUT2D eigenvalue weighted by Gasteiger charge is -2.44. The minimum Gasteiger partial charge on any atom is -0.304 e. The Labute approximate surface area is 146 Å². The zero-order valence-electron chi connectivity index (χ0n) is 14.0. The number of hydrogen-bond donors (Lipinski definition) is 1. The number of nitrogens with one attached hydrogen (secondary N) is 1. The van der Waals surface area contributed by atoms with E-state index in [4.69, 9.17) is 5.41 Å². The molecule has 1 aliphatic heterocycles. The van der Waals surface area contributed by atoms with E-state index in [0.717, 1.165) is 18.4 Å². The molecular formula is C19H21N3OS. The van der Waals surface area contributed by atoms with E-state index < -0.39 is 0 Å². The van der Waals surface area contributed by atoms with Crippen LogP contribution in [-0.2, 0) is 10.2 Å². The Bertz CT molecular complexity index is 796. The molecule has 24 heavy (non-hydrogen) atoms. The fourth-order valence-electron chi connectivity index (χ4n) is 3.91. The topological polar surface area (TPSA) is 57.1 Å². The molecule has 0 unspecified atom stereocenters. The highest BCUT2D eigenvalue weighted by molar-refractivity contribution is 7.10. The van der Waals surface area contributed by atoms with Gasteiger partial charge in [-0.2, -0.15) is 0 Å². The van der Waals surface area contributed by atoms with Gasteiger partial charge >= 0.3 is 0 Å². The highest BCUT2D eigenvalue weighted by Crippen LogP contribution is 2.53. The summed E-state index contributed by atoms with van der Waals surface area (Å²) in [4.78, 5) is 19.7. The number of hydrogen-bond acceptors (Lipinski definition) is 4. The number of carbonyl (C=O) groups excluding carboxylic acids is 1. The van der Waals surface area contributed by atoms with Crippen LogP contribution in [0.1, 0.15) is 31.1 Å². The van der Waals surface area contributed by atoms with Crippen molar-refractivity contribution in [2.75, 3.05) is 7.05 Å². The van der Waals surface area contributed by atoms with Gasteiger partial charge in [0.25, 0.3) is 0 Å². The van der Waals surface area contributed by atoms with E-state index in [9.17, 15) is 4.79 Å². The molecule has 2 atom stereocenters. The van der Waals surface area contributed by atoms with Crippen LogP contribution >= 0.6 is 11.3 Å². The van der Waals surface area contributed by atoms with Crippen molar-refractivity contribution in [2.45, 2.75) is 31.6 Å². The van der Waals surface area contributed by atoms with E-state index in [2.05, 4.69) is 23.4 Å². The lowest BCUT2D eigenvalue weighted by Crippen LogP contribution is -2.54. The summed E-state index contributed by atoms with van der Waals surface area (Å²) >= 11 is 1.72. The van der Waals surface area contributed by atoms with Gasteiger partial charge in [0.05, 0.1) is 5.92 Å². The van der Waals surface area contributed by atoms with Crippen molar-refractivity contribution in [2.24, 2.45) is 11.8 Å². The van der Waals surface area contributed by atoms with Gasteiger partial charge in [0.2, 0.25) is 5.91 Å². The molecule has 1 saturated heterocycles. The first-order valence-corrected chi connectivity index (χ1v) is 9.23. The molecule has 1 aliphatic carbocycles. The summed E-state index contributed by atoms with van der Waals surface area (Å²) in [6, 6.07) is 6.23. The van der Waals surface area contributed by atoms with Gasteiger partial charge in [0.1, 0.15) is 5.84 Å². The second-order valence-electron chi connectivity index (χ2n) is 7.19. The van der Waals surface area contributed by atoms with Gasteiger partial charge in [-0.1, -0.05) is 6.92 Å². The average Bonchev–Trinajstić information content (AvgIpc) is 3.27. The maximum Gasteiger partial charge on any atom is 0.231 e. The third kappa shape index (κ3) is 2.38. The second-order valence-corrected chi connectivity index (χ2v) is 8.10. The van der Waals surface area contributed by atoms with Crippen molar-refractivity contribution in [1.29, 1.82) is 5.41 Å². The minimum atomic E-state index is -0.266. The highest BCUT2D eigenvalue weighted by atomic mass is 32.1. The summed E-state index contributed by atoms with van der Waals surface area (Å²) in [6.45, 7) is 2.18. The monoisotopic (exact) mass is 339 g/mol. The maximum absolute atomic E-state index is 12.9. The van der Waals surface area contributed by atoms with Crippen molar-refractivity contribution in [3.63, 3.8) is 0 Å². The summed E-state index contributed by atoms with van der Waals surface area (Å²) < 4.78 is 0. The first-order chi connectivity index (χ1) is 11.5. The van der Waals surface area contributed by atoms with E-state index in [1.807, 2.05) is 12.1 Å². The quantitative estimate of drug-likeness (QED) is 0.921. The van der Waals surface area contributed by atoms with Gasteiger partial charge in [-0.3, -0.25) is 15.2 Å². The van der Waals surface area contributed by atoms with E-state index >= 15 is 0 Å². The highest BCUT2D eigenvalue weighted by Gasteiger charge is 2.54. The van der Waals surface area contributed by atoms with Crippen LogP contribution in [0.3, 0.4) is 0 Å². The summed E-state index contributed by atoms with van der Waals surface area (Å²) in [5.41, 5.74) is 2.05. The predicted octanol–water partition coefficient (Wildman–Crippen LogP) is 3.93. The zero-order valence-corrected chi connectivity index (χ0v) is 14.8. The van der Waals surface area contributed by atoms with Crippen LogP contribution < -0.4 is 0 Å². The Hall–Kier alpha value is -2.01. The van der Waals surface area contributed by atoms with Crippen LogP contribution in [0.4, 0.5) is 0 Å². The number of pyridine rings is 1. The summed E-state index contributed by atoms with van der Waals surface area (Å²) in [6.07, 6.45) is 6.50. The van der Waals surface area contributed by atoms with Crippen molar-refractivity contribution >= 4 is 23.1 Å². The minimum absolute atomic E-state index is 0.000500. The van der Waals surface area contributed by atoms with Crippen molar-refractivity contribution in [3.05, 3.63) is 40.8 Å². The van der Waals surface area contributed by atoms with Gasteiger partial charge in [-0.25, -0.2) is 0 Å². The molecule has 2 fully saturated rings. The standard InChI is InChI=1S/C19H21N3OS/c1-19(10-16(20)22(2)18(23)17(19)13-3-4-13)15-9-14(11-24-15)12-5-7-21-8-6-12/h5-9,11,13,17,20H,3-4,10H2,1-2H3/t17-,19+/m0/s1. The van der Waals surface area contributed by atoms with Gasteiger partial charge in [-0.05, 0) is 53.5 Å². The van der Waals surface area contributed by atoms with Crippen LogP contribution in [0.25, 0.3) is 11.1 Å². The lowest BCUT2D eigenvalue weighted by molar-refractivity contribution is -0.135. The second kappa shape index (κ2) is 5.52. The number of carbonyl (C=O) groups is 1. The molecular weight excluding hydrogens is 318 g/mol. The Balaban J connectivity index is 1.74. The molecule has 5 heteroatoms. The fraction of sp³-hybridized carbons (Fsp3) is 0.421. The van der Waals surface area contributed by atoms with Gasteiger partial charge < -0.3 is 4.90 Å². The van der Waals surface area contributed by atoms with E-state index in [1.54, 1.807) is 35.7 Å². The Kier molecular flexibility index (Phi) is 3.57. The molecule has 3 heterocycles. The molecule has 1 N–H and O–H groups in total. The molecule has 4 nitrogen and oxygen atoms in total. The number of amides is 1. The first-order valence-electron chi connectivity index (χ1n) is 8.35. The molecule has 4 rings (SSSR count). The Morgan fingerprint density at radius 2 is 2.00 bits per heavy atom. The molecule has 2 aromatic heterocycles. The molecule has 0 spiro atoms. The number of rotatable bonds is 3. The SMILES string of the molecule is CN1C(=N)C[C@](C)(c2cc(-c3ccncc3)cs2)[C@@H](C2CC2)C1=O. The first kappa shape index (κ1) is 15.5. The molecule has 1 amide bonds. The lowest BCUT2D eigenvalue weighted by atomic mass is 9.67. The van der Waals surface area contributed by atoms with Crippen LogP contribution in [0.5, 0.6) is 0 Å². The number of aromatic nitrogens is 1. The van der Waals surface area contributed by atoms with Crippen LogP contribution in [-0.4, -0.2) is 28.7 Å². The number of likely N-dealkylation sites (tertiary alicyclic amines) is 1. The third-order valence-corrected chi connectivity index (χ3v) is 6.70. The van der Waals surface area contributed by atoms with Gasteiger partial charge in [-0.15, -0.1) is 11.3 Å². The Morgan fingerprint density at radius 3 is 2.67 bits per heavy atom. The average molecular weight is 339 g/mol. The summed E-state index contributed by atoms with van der Waals surface area (Å²) in [5, 5.41) is 10.4. The van der Waals surface area contributed by atoms with E-state index in [1.165, 1.54) is 10.4 Å². The maximum atomic E-state index is 12.9. The van der Waals surface area contributed by atoms with Gasteiger partial charge in [0.15, 0.2) is 0 Å². The van der Waals surface area contributed by atoms with Crippen molar-refractivity contribution in [1.82, 2.24) is 9.88 Å². The van der Waals surface area contributed by atoms with Gasteiger partial charge in [0, 0.05) is 36.2 Å². The number of thiophene rings is 1. The smallest absolute Gasteiger partial charge is 0.231 e. The molecule has 0 aromatic carbocycles. The van der Waals surface area contributed by atoms with Crippen LogP contribution in [0.2, 0.25) is 0 Å². The number of nitrogens with zero attached hydrogens (tertiary/aromatic N) is 2. The largest absolute Gasteiger partial charge is 0.304 e. The van der Waals surface area contributed by atoms with Crippen molar-refractivity contribution in [3.8, 4) is 11.1 Å². The molecule has 2 aromatic rings. The van der Waals surface area contributed by atoms with E-state index in [0.29, 0.717) is 18.2 Å². The predicted molar refractivity (Wildman–Crippen MR) is 96.2 cm³/mol. The summed E-state index contributed by atoms with van der Waals surface area (Å²) in [5.74, 6) is 1.03. The molecule has 1 saturated carbocycles. The number of piperidine rings is 1. The fourth-order valence-corrected chi connectivity index (χ4v) is 5.04. The summed E-state index contributed by atoms with van der Waals surface area (Å²) in [7, 11) is 1.75. The zero-order chi connectivity index (χ0) is 16.9. The van der Waals surface area contributed by atoms with Crippen LogP contribution in [0.15, 0.2) is 36.0 Å². The molecule has 124 valence electrons.